The number of aryl methyl sites for hydroxylation is 2. The molecule has 0 saturated heterocycles. The molecule has 0 unspecified atom stereocenters. The first kappa shape index (κ1) is 16.7. The topological polar surface area (TPSA) is 47.0 Å². The molecular formula is C18H27N3OS. The number of aromatic nitrogens is 2. The Bertz CT molecular complexity index is 634. The molecule has 4 rings (SSSR count). The Labute approximate surface area is 142 Å². The molecule has 4 nitrogen and oxygen atoms in total. The predicted octanol–water partition coefficient (Wildman–Crippen LogP) is 3.97. The van der Waals surface area contributed by atoms with Crippen LogP contribution < -0.4 is 10.1 Å². The third kappa shape index (κ3) is 3.83. The van der Waals surface area contributed by atoms with Gasteiger partial charge in [0.2, 0.25) is 5.88 Å². The van der Waals surface area contributed by atoms with Crippen molar-refractivity contribution < 1.29 is 4.74 Å². The Morgan fingerprint density at radius 2 is 1.91 bits per heavy atom. The summed E-state index contributed by atoms with van der Waals surface area (Å²) in [5.74, 6) is 1.56. The first-order valence-corrected chi connectivity index (χ1v) is 9.61. The minimum atomic E-state index is 0.723. The van der Waals surface area contributed by atoms with Gasteiger partial charge in [0.25, 0.3) is 0 Å². The number of nitrogens with one attached hydrogen (secondary N) is 1. The van der Waals surface area contributed by atoms with Crippen LogP contribution in [0.15, 0.2) is 6.33 Å². The summed E-state index contributed by atoms with van der Waals surface area (Å²) in [5, 5.41) is 3.96. The fourth-order valence-corrected chi connectivity index (χ4v) is 4.78. The van der Waals surface area contributed by atoms with Crippen LogP contribution in [0.4, 0.5) is 0 Å². The molecule has 0 spiro atoms. The Morgan fingerprint density at radius 3 is 2.70 bits per heavy atom. The van der Waals surface area contributed by atoms with Gasteiger partial charge in [0, 0.05) is 4.88 Å². The van der Waals surface area contributed by atoms with Crippen LogP contribution in [-0.2, 0) is 12.8 Å². The van der Waals surface area contributed by atoms with Crippen molar-refractivity contribution in [3.05, 3.63) is 16.8 Å². The molecule has 5 heteroatoms. The van der Waals surface area contributed by atoms with E-state index in [0.717, 1.165) is 23.2 Å². The largest absolute Gasteiger partial charge is 0.477 e. The van der Waals surface area contributed by atoms with Crippen LogP contribution in [0.2, 0.25) is 0 Å². The van der Waals surface area contributed by atoms with Gasteiger partial charge in [-0.15, -0.1) is 11.3 Å². The molecule has 0 bridgehead atoms. The Hall–Kier alpha value is -1.20. The number of rotatable bonds is 3. The van der Waals surface area contributed by atoms with Crippen molar-refractivity contribution >= 4 is 21.6 Å². The van der Waals surface area contributed by atoms with E-state index in [0.29, 0.717) is 0 Å². The van der Waals surface area contributed by atoms with E-state index in [4.69, 9.17) is 4.74 Å². The van der Waals surface area contributed by atoms with Gasteiger partial charge in [-0.2, -0.15) is 0 Å². The van der Waals surface area contributed by atoms with E-state index in [1.807, 2.05) is 25.4 Å². The van der Waals surface area contributed by atoms with E-state index in [1.165, 1.54) is 67.2 Å². The van der Waals surface area contributed by atoms with Crippen molar-refractivity contribution in [1.29, 1.82) is 0 Å². The zero-order chi connectivity index (χ0) is 16.1. The van der Waals surface area contributed by atoms with Crippen LogP contribution in [0, 0.1) is 5.92 Å². The molecular weight excluding hydrogens is 306 g/mol. The zero-order valence-electron chi connectivity index (χ0n) is 14.2. The number of hydrogen-bond acceptors (Lipinski definition) is 5. The molecule has 0 aliphatic heterocycles. The van der Waals surface area contributed by atoms with Gasteiger partial charge in [0.1, 0.15) is 11.2 Å². The average molecular weight is 334 g/mol. The van der Waals surface area contributed by atoms with E-state index in [9.17, 15) is 0 Å². The minimum absolute atomic E-state index is 0.723. The molecule has 0 atom stereocenters. The molecule has 1 fully saturated rings. The molecule has 1 N–H and O–H groups in total. The molecule has 2 aliphatic carbocycles. The highest BCUT2D eigenvalue weighted by Crippen LogP contribution is 2.40. The summed E-state index contributed by atoms with van der Waals surface area (Å²) >= 11 is 1.83. The van der Waals surface area contributed by atoms with Crippen LogP contribution >= 0.6 is 11.3 Å². The van der Waals surface area contributed by atoms with E-state index in [1.54, 1.807) is 6.33 Å². The van der Waals surface area contributed by atoms with Gasteiger partial charge in [-0.05, 0) is 57.7 Å². The Morgan fingerprint density at radius 1 is 1.13 bits per heavy atom. The van der Waals surface area contributed by atoms with Crippen molar-refractivity contribution in [2.75, 3.05) is 20.7 Å². The Balaban J connectivity index is 0.000000485. The summed E-state index contributed by atoms with van der Waals surface area (Å²) in [6.07, 6.45) is 12.1. The molecule has 0 amide bonds. The smallest absolute Gasteiger partial charge is 0.225 e. The standard InChI is InChI=1S/C16H20N2OS.C2H7N/c1-2-5-11(6-3-1)9-19-15-14-12-7-4-8-13(12)20-16(14)18-10-17-15;1-3-2/h10-11H,1-9H2;3H,1-2H3. The SMILES string of the molecule is CNC.c1nc(OCC2CCCCC2)c2c3c(sc2n1)CCC3. The highest BCUT2D eigenvalue weighted by molar-refractivity contribution is 7.18. The van der Waals surface area contributed by atoms with Gasteiger partial charge in [-0.25, -0.2) is 9.97 Å². The summed E-state index contributed by atoms with van der Waals surface area (Å²) in [6, 6.07) is 0. The van der Waals surface area contributed by atoms with E-state index in [-0.39, 0.29) is 0 Å². The summed E-state index contributed by atoms with van der Waals surface area (Å²) in [4.78, 5) is 11.5. The van der Waals surface area contributed by atoms with Gasteiger partial charge >= 0.3 is 0 Å². The second kappa shape index (κ2) is 8.06. The number of thiophene rings is 1. The maximum absolute atomic E-state index is 6.10. The molecule has 126 valence electrons. The second-order valence-corrected chi connectivity index (χ2v) is 7.61. The lowest BCUT2D eigenvalue weighted by Gasteiger charge is -2.21. The van der Waals surface area contributed by atoms with Gasteiger partial charge in [-0.3, -0.25) is 0 Å². The predicted molar refractivity (Wildman–Crippen MR) is 96.5 cm³/mol. The van der Waals surface area contributed by atoms with E-state index < -0.39 is 0 Å². The quantitative estimate of drug-likeness (QED) is 0.923. The van der Waals surface area contributed by atoms with E-state index >= 15 is 0 Å². The van der Waals surface area contributed by atoms with Crippen molar-refractivity contribution in [2.24, 2.45) is 5.92 Å². The average Bonchev–Trinajstić information content (AvgIpc) is 3.15. The summed E-state index contributed by atoms with van der Waals surface area (Å²) in [6.45, 7) is 0.830. The fourth-order valence-electron chi connectivity index (χ4n) is 3.56. The van der Waals surface area contributed by atoms with Crippen LogP contribution in [0.5, 0.6) is 5.88 Å². The fraction of sp³-hybridized carbons (Fsp3) is 0.667. The number of nitrogens with zero attached hydrogens (tertiary/aromatic N) is 2. The zero-order valence-corrected chi connectivity index (χ0v) is 15.0. The van der Waals surface area contributed by atoms with Gasteiger partial charge in [-0.1, -0.05) is 19.3 Å². The lowest BCUT2D eigenvalue weighted by atomic mass is 9.90. The molecule has 2 aromatic rings. The van der Waals surface area contributed by atoms with Gasteiger partial charge < -0.3 is 10.1 Å². The molecule has 0 radical (unpaired) electrons. The maximum Gasteiger partial charge on any atom is 0.225 e. The highest BCUT2D eigenvalue weighted by atomic mass is 32.1. The van der Waals surface area contributed by atoms with Crippen LogP contribution in [0.1, 0.15) is 49.0 Å². The number of ether oxygens (including phenoxy) is 1. The number of fused-ring (bicyclic) bond motifs is 3. The third-order valence-corrected chi connectivity index (χ3v) is 5.85. The molecule has 2 heterocycles. The molecule has 1 saturated carbocycles. The van der Waals surface area contributed by atoms with Crippen LogP contribution in [0.3, 0.4) is 0 Å². The highest BCUT2D eigenvalue weighted by Gasteiger charge is 2.22. The third-order valence-electron chi connectivity index (χ3n) is 4.65. The first-order chi connectivity index (χ1) is 11.3. The normalized spacial score (nSPS) is 17.7. The summed E-state index contributed by atoms with van der Waals surface area (Å²) < 4.78 is 6.10. The van der Waals surface area contributed by atoms with Gasteiger partial charge in [0.15, 0.2) is 0 Å². The van der Waals surface area contributed by atoms with Crippen LogP contribution in [-0.4, -0.2) is 30.7 Å². The minimum Gasteiger partial charge on any atom is -0.477 e. The van der Waals surface area contributed by atoms with Crippen molar-refractivity contribution in [3.63, 3.8) is 0 Å². The number of hydrogen-bond donors (Lipinski definition) is 1. The molecule has 23 heavy (non-hydrogen) atoms. The summed E-state index contributed by atoms with van der Waals surface area (Å²) in [5.41, 5.74) is 1.46. The first-order valence-electron chi connectivity index (χ1n) is 8.80. The molecule has 0 aromatic carbocycles. The molecule has 2 aliphatic rings. The lowest BCUT2D eigenvalue weighted by Crippen LogP contribution is -2.15. The maximum atomic E-state index is 6.10. The van der Waals surface area contributed by atoms with Crippen LogP contribution in [0.25, 0.3) is 10.2 Å². The monoisotopic (exact) mass is 333 g/mol. The lowest BCUT2D eigenvalue weighted by molar-refractivity contribution is 0.205. The second-order valence-electron chi connectivity index (χ2n) is 6.53. The Kier molecular flexibility index (Phi) is 5.84. The van der Waals surface area contributed by atoms with Crippen molar-refractivity contribution in [3.8, 4) is 5.88 Å². The molecule has 2 aromatic heterocycles. The van der Waals surface area contributed by atoms with E-state index in [2.05, 4.69) is 15.3 Å². The van der Waals surface area contributed by atoms with Gasteiger partial charge in [0.05, 0.1) is 12.0 Å². The summed E-state index contributed by atoms with van der Waals surface area (Å²) in [7, 11) is 3.75. The van der Waals surface area contributed by atoms with Crippen molar-refractivity contribution in [2.45, 2.75) is 51.4 Å². The van der Waals surface area contributed by atoms with Crippen molar-refractivity contribution in [1.82, 2.24) is 15.3 Å².